The van der Waals surface area contributed by atoms with Crippen molar-refractivity contribution in [2.75, 3.05) is 0 Å². The van der Waals surface area contributed by atoms with Gasteiger partial charge in [0, 0.05) is 6.42 Å². The molecule has 9 heteroatoms. The molecular formula is C10H13F3O5S. The van der Waals surface area contributed by atoms with E-state index in [1.807, 2.05) is 0 Å². The molecule has 1 rings (SSSR count). The van der Waals surface area contributed by atoms with Gasteiger partial charge in [-0.05, 0) is 17.9 Å². The largest absolute Gasteiger partial charge is 0.534 e. The predicted molar refractivity (Wildman–Crippen MR) is 58.3 cm³/mol. The van der Waals surface area contributed by atoms with Crippen molar-refractivity contribution in [3.05, 3.63) is 11.8 Å². The van der Waals surface area contributed by atoms with Crippen molar-refractivity contribution in [1.29, 1.82) is 0 Å². The molecule has 0 radical (unpaired) electrons. The zero-order valence-corrected chi connectivity index (χ0v) is 11.0. The van der Waals surface area contributed by atoms with Gasteiger partial charge in [-0.3, -0.25) is 4.79 Å². The van der Waals surface area contributed by atoms with Crippen molar-refractivity contribution < 1.29 is 35.7 Å². The molecule has 0 bridgehead atoms. The first kappa shape index (κ1) is 15.8. The van der Waals surface area contributed by atoms with E-state index in [-0.39, 0.29) is 6.42 Å². The van der Waals surface area contributed by atoms with E-state index in [4.69, 9.17) is 5.11 Å². The average Bonchev–Trinajstić information content (AvgIpc) is 2.18. The van der Waals surface area contributed by atoms with Crippen LogP contribution in [0.1, 0.15) is 26.7 Å². The Kier molecular flexibility index (Phi) is 3.91. The number of carboxylic acids is 1. The maximum Gasteiger partial charge on any atom is 0.534 e. The summed E-state index contributed by atoms with van der Waals surface area (Å²) in [5, 5.41) is 9.00. The Balaban J connectivity index is 2.95. The Labute approximate surface area is 108 Å². The Morgan fingerprint density at radius 2 is 2.00 bits per heavy atom. The van der Waals surface area contributed by atoms with Gasteiger partial charge in [0.05, 0.1) is 5.92 Å². The van der Waals surface area contributed by atoms with E-state index in [1.54, 1.807) is 13.8 Å². The summed E-state index contributed by atoms with van der Waals surface area (Å²) >= 11 is 0. The van der Waals surface area contributed by atoms with Gasteiger partial charge in [-0.2, -0.15) is 21.6 Å². The van der Waals surface area contributed by atoms with E-state index in [1.165, 1.54) is 6.08 Å². The van der Waals surface area contributed by atoms with Crippen LogP contribution in [0, 0.1) is 11.3 Å². The summed E-state index contributed by atoms with van der Waals surface area (Å²) in [4.78, 5) is 11.0. The summed E-state index contributed by atoms with van der Waals surface area (Å²) in [7, 11) is -5.74. The molecule has 0 saturated heterocycles. The molecule has 0 heterocycles. The number of allylic oxidation sites excluding steroid dienone is 2. The Morgan fingerprint density at radius 1 is 1.47 bits per heavy atom. The van der Waals surface area contributed by atoms with Crippen LogP contribution in [-0.2, 0) is 19.1 Å². The van der Waals surface area contributed by atoms with Gasteiger partial charge in [0.15, 0.2) is 0 Å². The number of hydrogen-bond acceptors (Lipinski definition) is 4. The van der Waals surface area contributed by atoms with Gasteiger partial charge in [-0.25, -0.2) is 0 Å². The molecule has 1 atom stereocenters. The van der Waals surface area contributed by atoms with Crippen LogP contribution < -0.4 is 0 Å². The SMILES string of the molecule is CC1(C)CC=C(OS(=O)(=O)C(F)(F)F)C[C@@H]1C(=O)O. The molecule has 0 unspecified atom stereocenters. The molecule has 1 aliphatic carbocycles. The lowest BCUT2D eigenvalue weighted by molar-refractivity contribution is -0.146. The molecule has 19 heavy (non-hydrogen) atoms. The van der Waals surface area contributed by atoms with E-state index in [0.717, 1.165) is 0 Å². The third-order valence-corrected chi connectivity index (χ3v) is 4.00. The topological polar surface area (TPSA) is 80.7 Å². The monoisotopic (exact) mass is 302 g/mol. The number of aliphatic carboxylic acids is 1. The molecule has 0 aromatic carbocycles. The van der Waals surface area contributed by atoms with Crippen LogP contribution >= 0.6 is 0 Å². The van der Waals surface area contributed by atoms with E-state index in [9.17, 15) is 26.4 Å². The average molecular weight is 302 g/mol. The highest BCUT2D eigenvalue weighted by molar-refractivity contribution is 7.87. The first-order chi connectivity index (χ1) is 8.37. The summed E-state index contributed by atoms with van der Waals surface area (Å²) in [6.45, 7) is 3.27. The van der Waals surface area contributed by atoms with Crippen LogP contribution in [0.4, 0.5) is 13.2 Å². The fourth-order valence-corrected chi connectivity index (χ4v) is 2.27. The molecule has 1 N–H and O–H groups in total. The molecule has 0 amide bonds. The van der Waals surface area contributed by atoms with Crippen molar-refractivity contribution in [3.8, 4) is 0 Å². The van der Waals surface area contributed by atoms with E-state index < -0.39 is 45.1 Å². The molecule has 0 spiro atoms. The molecule has 0 saturated carbocycles. The standard InChI is InChI=1S/C10H13F3O5S/c1-9(2)4-3-6(5-7(9)8(14)15)18-19(16,17)10(11,12)13/h3,7H,4-5H2,1-2H3,(H,14,15)/t7-/m1/s1. The maximum absolute atomic E-state index is 12.1. The molecule has 0 aliphatic heterocycles. The van der Waals surface area contributed by atoms with Gasteiger partial charge in [0.2, 0.25) is 0 Å². The van der Waals surface area contributed by atoms with Crippen molar-refractivity contribution in [2.45, 2.75) is 32.2 Å². The normalized spacial score (nSPS) is 23.6. The molecule has 1 aliphatic rings. The molecular weight excluding hydrogens is 289 g/mol. The molecule has 0 aromatic heterocycles. The van der Waals surface area contributed by atoms with Crippen LogP contribution in [0.15, 0.2) is 11.8 Å². The molecule has 0 aromatic rings. The lowest BCUT2D eigenvalue weighted by atomic mass is 9.71. The van der Waals surface area contributed by atoms with Crippen molar-refractivity contribution >= 4 is 16.1 Å². The van der Waals surface area contributed by atoms with Crippen LogP contribution in [-0.4, -0.2) is 25.0 Å². The lowest BCUT2D eigenvalue weighted by Crippen LogP contribution is -2.35. The number of alkyl halides is 3. The van der Waals surface area contributed by atoms with Gasteiger partial charge in [-0.15, -0.1) is 0 Å². The van der Waals surface area contributed by atoms with Crippen LogP contribution in [0.3, 0.4) is 0 Å². The summed E-state index contributed by atoms with van der Waals surface area (Å²) < 4.78 is 62.0. The Morgan fingerprint density at radius 3 is 2.42 bits per heavy atom. The number of hydrogen-bond donors (Lipinski definition) is 1. The minimum absolute atomic E-state index is 0.118. The number of carboxylic acid groups (broad SMARTS) is 1. The highest BCUT2D eigenvalue weighted by atomic mass is 32.2. The second-order valence-corrected chi connectivity index (χ2v) is 6.48. The first-order valence-corrected chi connectivity index (χ1v) is 6.70. The molecule has 110 valence electrons. The van der Waals surface area contributed by atoms with Gasteiger partial charge in [0.25, 0.3) is 0 Å². The minimum Gasteiger partial charge on any atom is -0.481 e. The van der Waals surface area contributed by atoms with Crippen molar-refractivity contribution in [3.63, 3.8) is 0 Å². The quantitative estimate of drug-likeness (QED) is 0.639. The van der Waals surface area contributed by atoms with Crippen molar-refractivity contribution in [2.24, 2.45) is 11.3 Å². The highest BCUT2D eigenvalue weighted by Crippen LogP contribution is 2.41. The number of rotatable bonds is 3. The molecule has 5 nitrogen and oxygen atoms in total. The maximum atomic E-state index is 12.1. The summed E-state index contributed by atoms with van der Waals surface area (Å²) in [5.74, 6) is -2.69. The second kappa shape index (κ2) is 4.69. The zero-order valence-electron chi connectivity index (χ0n) is 10.2. The van der Waals surface area contributed by atoms with Gasteiger partial charge in [0.1, 0.15) is 5.76 Å². The fraction of sp³-hybridized carbons (Fsp3) is 0.700. The van der Waals surface area contributed by atoms with Gasteiger partial charge < -0.3 is 9.29 Å². The third kappa shape index (κ3) is 3.40. The zero-order chi connectivity index (χ0) is 15.1. The minimum atomic E-state index is -5.74. The van der Waals surface area contributed by atoms with E-state index in [2.05, 4.69) is 4.18 Å². The van der Waals surface area contributed by atoms with Crippen LogP contribution in [0.2, 0.25) is 0 Å². The number of carbonyl (C=O) groups is 1. The predicted octanol–water partition coefficient (Wildman–Crippen LogP) is 2.26. The van der Waals surface area contributed by atoms with E-state index >= 15 is 0 Å². The Hall–Kier alpha value is -1.25. The summed E-state index contributed by atoms with van der Waals surface area (Å²) in [6, 6.07) is 0. The van der Waals surface area contributed by atoms with E-state index in [0.29, 0.717) is 0 Å². The lowest BCUT2D eigenvalue weighted by Gasteiger charge is -2.34. The highest BCUT2D eigenvalue weighted by Gasteiger charge is 2.50. The summed E-state index contributed by atoms with van der Waals surface area (Å²) in [6.07, 6.45) is 0.910. The van der Waals surface area contributed by atoms with Crippen LogP contribution in [0.25, 0.3) is 0 Å². The fourth-order valence-electron chi connectivity index (χ4n) is 1.76. The van der Waals surface area contributed by atoms with Gasteiger partial charge in [-0.1, -0.05) is 13.8 Å². The number of halogens is 3. The third-order valence-electron chi connectivity index (χ3n) is 3.00. The smallest absolute Gasteiger partial charge is 0.481 e. The first-order valence-electron chi connectivity index (χ1n) is 5.29. The summed E-state index contributed by atoms with van der Waals surface area (Å²) in [5.41, 5.74) is -6.21. The Bertz CT molecular complexity index is 504. The second-order valence-electron chi connectivity index (χ2n) is 4.94. The van der Waals surface area contributed by atoms with Crippen LogP contribution in [0.5, 0.6) is 0 Å². The van der Waals surface area contributed by atoms with Gasteiger partial charge >= 0.3 is 21.6 Å². The van der Waals surface area contributed by atoms with Crippen molar-refractivity contribution in [1.82, 2.24) is 0 Å². The molecule has 0 fully saturated rings.